The Morgan fingerprint density at radius 2 is 1.83 bits per heavy atom. The van der Waals surface area contributed by atoms with Gasteiger partial charge in [-0.05, 0) is 31.6 Å². The van der Waals surface area contributed by atoms with Crippen molar-refractivity contribution < 1.29 is 22.6 Å². The average Bonchev–Trinajstić information content (AvgIpc) is 2.29. The Bertz CT molecular complexity index is 355. The van der Waals surface area contributed by atoms with E-state index in [0.29, 0.717) is 13.0 Å². The zero-order valence-corrected chi connectivity index (χ0v) is 10.1. The summed E-state index contributed by atoms with van der Waals surface area (Å²) in [6.07, 6.45) is -3.99. The fourth-order valence-electron chi connectivity index (χ4n) is 1.33. The van der Waals surface area contributed by atoms with Gasteiger partial charge in [-0.3, -0.25) is 0 Å². The molecule has 0 heterocycles. The molecule has 6 heteroatoms. The third-order valence-corrected chi connectivity index (χ3v) is 2.08. The first kappa shape index (κ1) is 14.6. The van der Waals surface area contributed by atoms with Crippen molar-refractivity contribution in [1.29, 1.82) is 0 Å². The molecule has 102 valence electrons. The number of halogens is 3. The maximum Gasteiger partial charge on any atom is 0.573 e. The molecule has 18 heavy (non-hydrogen) atoms. The van der Waals surface area contributed by atoms with Gasteiger partial charge in [-0.15, -0.1) is 13.2 Å². The van der Waals surface area contributed by atoms with Crippen molar-refractivity contribution in [3.8, 4) is 11.5 Å². The van der Waals surface area contributed by atoms with Gasteiger partial charge >= 0.3 is 6.36 Å². The van der Waals surface area contributed by atoms with Gasteiger partial charge in [0.2, 0.25) is 0 Å². The summed E-state index contributed by atoms with van der Waals surface area (Å²) < 4.78 is 45.5. The van der Waals surface area contributed by atoms with Crippen molar-refractivity contribution in [2.24, 2.45) is 0 Å². The molecule has 1 N–H and O–H groups in total. The minimum Gasteiger partial charge on any atom is -0.490 e. The van der Waals surface area contributed by atoms with Gasteiger partial charge in [0.05, 0.1) is 6.61 Å². The van der Waals surface area contributed by atoms with Crippen molar-refractivity contribution in [3.05, 3.63) is 24.3 Å². The fourth-order valence-corrected chi connectivity index (χ4v) is 1.33. The summed E-state index contributed by atoms with van der Waals surface area (Å²) in [5, 5.41) is 3.10. The molecule has 0 amide bonds. The number of hydrogen-bond donors (Lipinski definition) is 1. The van der Waals surface area contributed by atoms with E-state index in [1.807, 2.05) is 6.92 Å². The lowest BCUT2D eigenvalue weighted by atomic mass is 10.3. The van der Waals surface area contributed by atoms with E-state index in [1.54, 1.807) is 6.07 Å². The predicted octanol–water partition coefficient (Wildman–Crippen LogP) is 2.96. The Morgan fingerprint density at radius 1 is 1.17 bits per heavy atom. The highest BCUT2D eigenvalue weighted by molar-refractivity contribution is 5.39. The smallest absolute Gasteiger partial charge is 0.490 e. The third kappa shape index (κ3) is 5.77. The van der Waals surface area contributed by atoms with E-state index < -0.39 is 6.36 Å². The molecule has 0 bridgehead atoms. The van der Waals surface area contributed by atoms with Crippen LogP contribution in [0.2, 0.25) is 0 Å². The van der Waals surface area contributed by atoms with Crippen LogP contribution in [0.1, 0.15) is 13.3 Å². The lowest BCUT2D eigenvalue weighted by molar-refractivity contribution is -0.275. The Hall–Kier alpha value is -1.43. The van der Waals surface area contributed by atoms with Crippen LogP contribution in [0.3, 0.4) is 0 Å². The Morgan fingerprint density at radius 3 is 2.44 bits per heavy atom. The molecule has 0 saturated heterocycles. The Labute approximate surface area is 104 Å². The van der Waals surface area contributed by atoms with E-state index in [0.717, 1.165) is 13.1 Å². The standard InChI is InChI=1S/C12H16F3NO2/c1-2-16-8-5-9-17-10-6-3-4-7-11(10)18-12(13,14)15/h3-4,6-7,16H,2,5,8-9H2,1H3. The number of ether oxygens (including phenoxy) is 2. The molecule has 0 radical (unpaired) electrons. The van der Waals surface area contributed by atoms with Crippen LogP contribution in [0, 0.1) is 0 Å². The number of para-hydroxylation sites is 2. The van der Waals surface area contributed by atoms with Crippen molar-refractivity contribution in [1.82, 2.24) is 5.32 Å². The lowest BCUT2D eigenvalue weighted by Gasteiger charge is -2.13. The second kappa shape index (κ2) is 7.10. The Balaban J connectivity index is 2.49. The largest absolute Gasteiger partial charge is 0.573 e. The normalized spacial score (nSPS) is 11.3. The van der Waals surface area contributed by atoms with E-state index in [1.165, 1.54) is 18.2 Å². The SMILES string of the molecule is CCNCCCOc1ccccc1OC(F)(F)F. The first-order chi connectivity index (χ1) is 8.53. The topological polar surface area (TPSA) is 30.5 Å². The summed E-state index contributed by atoms with van der Waals surface area (Å²) in [5.41, 5.74) is 0. The second-order valence-electron chi connectivity index (χ2n) is 3.55. The maximum atomic E-state index is 12.1. The number of alkyl halides is 3. The summed E-state index contributed by atoms with van der Waals surface area (Å²) in [7, 11) is 0. The highest BCUT2D eigenvalue weighted by Gasteiger charge is 2.32. The lowest BCUT2D eigenvalue weighted by Crippen LogP contribution is -2.18. The second-order valence-corrected chi connectivity index (χ2v) is 3.55. The molecule has 1 rings (SSSR count). The van der Waals surface area contributed by atoms with E-state index in [2.05, 4.69) is 10.1 Å². The average molecular weight is 263 g/mol. The van der Waals surface area contributed by atoms with Gasteiger partial charge in [0.1, 0.15) is 0 Å². The summed E-state index contributed by atoms with van der Waals surface area (Å²) in [5.74, 6) is -0.209. The summed E-state index contributed by atoms with van der Waals surface area (Å²) in [6, 6.07) is 5.75. The predicted molar refractivity (Wildman–Crippen MR) is 61.8 cm³/mol. The monoisotopic (exact) mass is 263 g/mol. The molecule has 0 aliphatic heterocycles. The van der Waals surface area contributed by atoms with Crippen molar-refractivity contribution in [2.45, 2.75) is 19.7 Å². The summed E-state index contributed by atoms with van der Waals surface area (Å²) >= 11 is 0. The molecule has 0 aliphatic rings. The molecule has 0 aliphatic carbocycles. The van der Waals surface area contributed by atoms with Crippen LogP contribution < -0.4 is 14.8 Å². The van der Waals surface area contributed by atoms with E-state index >= 15 is 0 Å². The maximum absolute atomic E-state index is 12.1. The molecule has 0 spiro atoms. The molecule has 0 atom stereocenters. The van der Waals surface area contributed by atoms with Crippen LogP contribution in [-0.2, 0) is 0 Å². The van der Waals surface area contributed by atoms with Crippen molar-refractivity contribution in [2.75, 3.05) is 19.7 Å². The van der Waals surface area contributed by atoms with Crippen LogP contribution in [0.5, 0.6) is 11.5 Å². The van der Waals surface area contributed by atoms with Crippen LogP contribution in [0.15, 0.2) is 24.3 Å². The van der Waals surface area contributed by atoms with Crippen LogP contribution in [0.4, 0.5) is 13.2 Å². The van der Waals surface area contributed by atoms with Gasteiger partial charge in [-0.2, -0.15) is 0 Å². The van der Waals surface area contributed by atoms with Gasteiger partial charge in [0.15, 0.2) is 11.5 Å². The molecule has 3 nitrogen and oxygen atoms in total. The zero-order chi connectivity index (χ0) is 13.4. The van der Waals surface area contributed by atoms with Crippen LogP contribution in [-0.4, -0.2) is 26.1 Å². The zero-order valence-electron chi connectivity index (χ0n) is 10.1. The fraction of sp³-hybridized carbons (Fsp3) is 0.500. The molecule has 0 saturated carbocycles. The number of rotatable bonds is 7. The Kier molecular flexibility index (Phi) is 5.77. The quantitative estimate of drug-likeness (QED) is 0.767. The van der Waals surface area contributed by atoms with Crippen LogP contribution in [0.25, 0.3) is 0 Å². The highest BCUT2D eigenvalue weighted by atomic mass is 19.4. The number of hydrogen-bond acceptors (Lipinski definition) is 3. The van der Waals surface area contributed by atoms with Gasteiger partial charge in [-0.1, -0.05) is 19.1 Å². The van der Waals surface area contributed by atoms with Crippen molar-refractivity contribution >= 4 is 0 Å². The highest BCUT2D eigenvalue weighted by Crippen LogP contribution is 2.31. The molecule has 1 aromatic rings. The molecule has 0 unspecified atom stereocenters. The van der Waals surface area contributed by atoms with Gasteiger partial charge in [-0.25, -0.2) is 0 Å². The van der Waals surface area contributed by atoms with Gasteiger partial charge < -0.3 is 14.8 Å². The molecule has 1 aromatic carbocycles. The number of benzene rings is 1. The van der Waals surface area contributed by atoms with Gasteiger partial charge in [0, 0.05) is 0 Å². The minimum atomic E-state index is -4.71. The van der Waals surface area contributed by atoms with Crippen LogP contribution >= 0.6 is 0 Å². The number of nitrogens with one attached hydrogen (secondary N) is 1. The van der Waals surface area contributed by atoms with Gasteiger partial charge in [0.25, 0.3) is 0 Å². The summed E-state index contributed by atoms with van der Waals surface area (Å²) in [4.78, 5) is 0. The van der Waals surface area contributed by atoms with E-state index in [9.17, 15) is 13.2 Å². The molecular weight excluding hydrogens is 247 g/mol. The van der Waals surface area contributed by atoms with E-state index in [4.69, 9.17) is 4.74 Å². The molecule has 0 fully saturated rings. The summed E-state index contributed by atoms with van der Waals surface area (Å²) in [6.45, 7) is 3.94. The first-order valence-electron chi connectivity index (χ1n) is 5.71. The first-order valence-corrected chi connectivity index (χ1v) is 5.71. The molecule has 0 aromatic heterocycles. The van der Waals surface area contributed by atoms with E-state index in [-0.39, 0.29) is 11.5 Å². The van der Waals surface area contributed by atoms with Crippen molar-refractivity contribution in [3.63, 3.8) is 0 Å². The molecular formula is C12H16F3NO2. The minimum absolute atomic E-state index is 0.103. The third-order valence-electron chi connectivity index (χ3n) is 2.08.